The molecule has 6 nitrogen and oxygen atoms in total. The van der Waals surface area contributed by atoms with Gasteiger partial charge in [-0.15, -0.1) is 5.10 Å². The van der Waals surface area contributed by atoms with Gasteiger partial charge in [0.1, 0.15) is 0 Å². The van der Waals surface area contributed by atoms with Crippen LogP contribution in [-0.4, -0.2) is 33.2 Å². The Kier molecular flexibility index (Phi) is 6.26. The van der Waals surface area contributed by atoms with Gasteiger partial charge in [0.05, 0.1) is 18.5 Å². The number of carbonyl (C=O) groups is 1. The zero-order chi connectivity index (χ0) is 22.6. The summed E-state index contributed by atoms with van der Waals surface area (Å²) in [5.41, 5.74) is 4.15. The Bertz CT molecular complexity index is 1280. The van der Waals surface area contributed by atoms with Crippen molar-refractivity contribution in [1.82, 2.24) is 19.9 Å². The highest BCUT2D eigenvalue weighted by Gasteiger charge is 2.18. The predicted octanol–water partition coefficient (Wildman–Crippen LogP) is 5.34. The van der Waals surface area contributed by atoms with E-state index in [1.807, 2.05) is 60.7 Å². The van der Waals surface area contributed by atoms with E-state index in [1.165, 1.54) is 12.8 Å². The van der Waals surface area contributed by atoms with E-state index in [2.05, 4.69) is 15.4 Å². The van der Waals surface area contributed by atoms with Gasteiger partial charge in [0.15, 0.2) is 5.65 Å². The molecule has 1 saturated carbocycles. The molecular formula is C26H25ClN4O2. The van der Waals surface area contributed by atoms with E-state index < -0.39 is 0 Å². The standard InChI is InChI=1S/C26H25ClN4O2/c27-21-8-3-5-18(15-21)13-14-33-25-12-11-24-28-17-23(31(24)30-25)19-6-4-7-20(16-19)26(32)29-22-9-1-2-10-22/h3-8,11-12,15-17,22H,1-2,9-10,13-14H2,(H,29,32). The number of aromatic nitrogens is 3. The molecule has 1 aliphatic carbocycles. The fourth-order valence-corrected chi connectivity index (χ4v) is 4.47. The maximum absolute atomic E-state index is 12.7. The highest BCUT2D eigenvalue weighted by molar-refractivity contribution is 6.30. The Hall–Kier alpha value is -3.38. The number of nitrogens with zero attached hydrogens (tertiary/aromatic N) is 3. The van der Waals surface area contributed by atoms with Gasteiger partial charge in [0.25, 0.3) is 5.91 Å². The molecule has 1 amide bonds. The molecule has 1 N–H and O–H groups in total. The molecule has 0 spiro atoms. The van der Waals surface area contributed by atoms with Crippen molar-refractivity contribution in [1.29, 1.82) is 0 Å². The quantitative estimate of drug-likeness (QED) is 0.404. The minimum atomic E-state index is -0.0319. The van der Waals surface area contributed by atoms with Gasteiger partial charge in [-0.25, -0.2) is 9.50 Å². The molecule has 1 fully saturated rings. The number of rotatable bonds is 7. The predicted molar refractivity (Wildman–Crippen MR) is 129 cm³/mol. The molecule has 0 bridgehead atoms. The Morgan fingerprint density at radius 3 is 2.79 bits per heavy atom. The molecule has 168 valence electrons. The molecule has 0 radical (unpaired) electrons. The van der Waals surface area contributed by atoms with Gasteiger partial charge in [0, 0.05) is 34.7 Å². The number of amides is 1. The summed E-state index contributed by atoms with van der Waals surface area (Å²) in [7, 11) is 0. The smallest absolute Gasteiger partial charge is 0.251 e. The first kappa shape index (κ1) is 21.5. The number of imidazole rings is 1. The molecule has 4 aromatic rings. The third-order valence-electron chi connectivity index (χ3n) is 5.98. The van der Waals surface area contributed by atoms with Gasteiger partial charge in [-0.2, -0.15) is 0 Å². The zero-order valence-corrected chi connectivity index (χ0v) is 19.0. The SMILES string of the molecule is O=C(NC1CCCC1)c1cccc(-c2cnc3ccc(OCCc4cccc(Cl)c4)nn23)c1. The monoisotopic (exact) mass is 460 g/mol. The lowest BCUT2D eigenvalue weighted by Crippen LogP contribution is -2.32. The Labute approximate surface area is 197 Å². The molecule has 0 saturated heterocycles. The second-order valence-corrected chi connectivity index (χ2v) is 8.79. The molecule has 0 atom stereocenters. The number of fused-ring (bicyclic) bond motifs is 1. The van der Waals surface area contributed by atoms with Crippen molar-refractivity contribution in [2.24, 2.45) is 0 Å². The Balaban J connectivity index is 1.32. The molecule has 33 heavy (non-hydrogen) atoms. The van der Waals surface area contributed by atoms with E-state index in [4.69, 9.17) is 16.3 Å². The number of hydrogen-bond acceptors (Lipinski definition) is 4. The first-order valence-corrected chi connectivity index (χ1v) is 11.7. The van der Waals surface area contributed by atoms with Crippen LogP contribution in [0, 0.1) is 0 Å². The van der Waals surface area contributed by atoms with Crippen molar-refractivity contribution in [2.45, 2.75) is 38.1 Å². The summed E-state index contributed by atoms with van der Waals surface area (Å²) in [6.07, 6.45) is 6.98. The van der Waals surface area contributed by atoms with E-state index in [9.17, 15) is 4.79 Å². The van der Waals surface area contributed by atoms with Crippen LogP contribution in [0.1, 0.15) is 41.6 Å². The number of ether oxygens (including phenoxy) is 1. The third-order valence-corrected chi connectivity index (χ3v) is 6.21. The maximum atomic E-state index is 12.7. The average Bonchev–Trinajstić information content (AvgIpc) is 3.49. The summed E-state index contributed by atoms with van der Waals surface area (Å²) in [5.74, 6) is 0.481. The van der Waals surface area contributed by atoms with Gasteiger partial charge >= 0.3 is 0 Å². The van der Waals surface area contributed by atoms with Gasteiger partial charge in [-0.3, -0.25) is 4.79 Å². The second kappa shape index (κ2) is 9.63. The Morgan fingerprint density at radius 2 is 1.94 bits per heavy atom. The van der Waals surface area contributed by atoms with Gasteiger partial charge in [-0.05, 0) is 48.7 Å². The summed E-state index contributed by atoms with van der Waals surface area (Å²) in [5, 5.41) is 8.49. The molecule has 7 heteroatoms. The van der Waals surface area contributed by atoms with Crippen molar-refractivity contribution in [3.8, 4) is 17.1 Å². The highest BCUT2D eigenvalue weighted by Crippen LogP contribution is 2.23. The third kappa shape index (κ3) is 5.01. The summed E-state index contributed by atoms with van der Waals surface area (Å²) < 4.78 is 7.64. The lowest BCUT2D eigenvalue weighted by atomic mass is 10.1. The molecule has 1 aliphatic rings. The van der Waals surface area contributed by atoms with Crippen LogP contribution >= 0.6 is 11.6 Å². The van der Waals surface area contributed by atoms with E-state index in [0.717, 1.165) is 36.1 Å². The molecular weight excluding hydrogens is 436 g/mol. The number of nitrogens with one attached hydrogen (secondary N) is 1. The van der Waals surface area contributed by atoms with E-state index >= 15 is 0 Å². The van der Waals surface area contributed by atoms with Crippen molar-refractivity contribution in [3.63, 3.8) is 0 Å². The molecule has 2 heterocycles. The molecule has 2 aromatic carbocycles. The van der Waals surface area contributed by atoms with Crippen LogP contribution in [0.4, 0.5) is 0 Å². The first-order chi connectivity index (χ1) is 16.2. The van der Waals surface area contributed by atoms with Crippen LogP contribution in [0.5, 0.6) is 5.88 Å². The summed E-state index contributed by atoms with van der Waals surface area (Å²) >= 11 is 6.05. The highest BCUT2D eigenvalue weighted by atomic mass is 35.5. The van der Waals surface area contributed by atoms with Crippen LogP contribution in [0.2, 0.25) is 5.02 Å². The summed E-state index contributed by atoms with van der Waals surface area (Å²) in [6, 6.07) is 19.3. The van der Waals surface area contributed by atoms with Gasteiger partial charge < -0.3 is 10.1 Å². The lowest BCUT2D eigenvalue weighted by Gasteiger charge is -2.12. The van der Waals surface area contributed by atoms with Gasteiger partial charge in [-0.1, -0.05) is 48.7 Å². The van der Waals surface area contributed by atoms with Gasteiger partial charge in [0.2, 0.25) is 5.88 Å². The van der Waals surface area contributed by atoms with Crippen molar-refractivity contribution >= 4 is 23.2 Å². The average molecular weight is 461 g/mol. The molecule has 2 aromatic heterocycles. The molecule has 0 unspecified atom stereocenters. The minimum Gasteiger partial charge on any atom is -0.476 e. The number of benzene rings is 2. The van der Waals surface area contributed by atoms with Crippen LogP contribution in [0.15, 0.2) is 66.9 Å². The van der Waals surface area contributed by atoms with Crippen LogP contribution in [-0.2, 0) is 6.42 Å². The van der Waals surface area contributed by atoms with Crippen molar-refractivity contribution in [3.05, 3.63) is 83.0 Å². The molecule has 5 rings (SSSR count). The van der Waals surface area contributed by atoms with Crippen LogP contribution < -0.4 is 10.1 Å². The fraction of sp³-hybridized carbons (Fsp3) is 0.269. The summed E-state index contributed by atoms with van der Waals surface area (Å²) in [4.78, 5) is 17.2. The van der Waals surface area contributed by atoms with E-state index in [-0.39, 0.29) is 11.9 Å². The minimum absolute atomic E-state index is 0.0319. The largest absolute Gasteiger partial charge is 0.476 e. The topological polar surface area (TPSA) is 68.5 Å². The van der Waals surface area contributed by atoms with Crippen LogP contribution in [0.25, 0.3) is 16.9 Å². The summed E-state index contributed by atoms with van der Waals surface area (Å²) in [6.45, 7) is 0.486. The van der Waals surface area contributed by atoms with Crippen molar-refractivity contribution < 1.29 is 9.53 Å². The fourth-order valence-electron chi connectivity index (χ4n) is 4.25. The zero-order valence-electron chi connectivity index (χ0n) is 18.2. The first-order valence-electron chi connectivity index (χ1n) is 11.3. The number of hydrogen-bond donors (Lipinski definition) is 1. The number of halogens is 1. The number of carbonyl (C=O) groups excluding carboxylic acids is 1. The Morgan fingerprint density at radius 1 is 1.09 bits per heavy atom. The maximum Gasteiger partial charge on any atom is 0.251 e. The normalized spacial score (nSPS) is 14.0. The van der Waals surface area contributed by atoms with E-state index in [0.29, 0.717) is 28.7 Å². The van der Waals surface area contributed by atoms with Crippen LogP contribution in [0.3, 0.4) is 0 Å². The van der Waals surface area contributed by atoms with Crippen molar-refractivity contribution in [2.75, 3.05) is 6.61 Å². The molecule has 0 aliphatic heterocycles. The van der Waals surface area contributed by atoms with E-state index in [1.54, 1.807) is 10.7 Å². The second-order valence-electron chi connectivity index (χ2n) is 8.35. The lowest BCUT2D eigenvalue weighted by molar-refractivity contribution is 0.0938.